The molecule has 0 unspecified atom stereocenters. The molecular weight excluding hydrogens is 248 g/mol. The summed E-state index contributed by atoms with van der Waals surface area (Å²) >= 11 is 0. The van der Waals surface area contributed by atoms with E-state index in [1.807, 2.05) is 13.8 Å². The van der Waals surface area contributed by atoms with Crippen LogP contribution in [0.5, 0.6) is 5.75 Å². The first-order chi connectivity index (χ1) is 7.36. The van der Waals surface area contributed by atoms with Crippen LogP contribution in [0.2, 0.25) is 0 Å². The van der Waals surface area contributed by atoms with Gasteiger partial charge in [-0.05, 0) is 37.1 Å². The highest BCUT2D eigenvalue weighted by Crippen LogP contribution is 2.27. The predicted octanol–water partition coefficient (Wildman–Crippen LogP) is 3.27. The van der Waals surface area contributed by atoms with Crippen LogP contribution in [-0.4, -0.2) is 15.5 Å². The SMILES string of the molecule is CC.COc1cc(C)c(S(=O)(=O)Cl)c(C)c1. The van der Waals surface area contributed by atoms with E-state index in [1.165, 1.54) is 7.11 Å². The van der Waals surface area contributed by atoms with Crippen molar-refractivity contribution in [3.63, 3.8) is 0 Å². The van der Waals surface area contributed by atoms with Gasteiger partial charge in [-0.2, -0.15) is 0 Å². The summed E-state index contributed by atoms with van der Waals surface area (Å²) < 4.78 is 27.4. The summed E-state index contributed by atoms with van der Waals surface area (Å²) in [6.45, 7) is 7.37. The Balaban J connectivity index is 0.00000106. The molecule has 1 rings (SSSR count). The van der Waals surface area contributed by atoms with E-state index in [0.717, 1.165) is 0 Å². The number of methoxy groups -OCH3 is 1. The van der Waals surface area contributed by atoms with E-state index >= 15 is 0 Å². The Kier molecular flexibility index (Phi) is 5.83. The van der Waals surface area contributed by atoms with Crippen molar-refractivity contribution in [1.29, 1.82) is 0 Å². The maximum Gasteiger partial charge on any atom is 0.261 e. The predicted molar refractivity (Wildman–Crippen MR) is 66.9 cm³/mol. The quantitative estimate of drug-likeness (QED) is 0.770. The lowest BCUT2D eigenvalue weighted by molar-refractivity contribution is 0.413. The van der Waals surface area contributed by atoms with E-state index < -0.39 is 9.05 Å². The molecule has 0 spiro atoms. The van der Waals surface area contributed by atoms with Gasteiger partial charge in [0.05, 0.1) is 12.0 Å². The lowest BCUT2D eigenvalue weighted by Gasteiger charge is -2.08. The summed E-state index contributed by atoms with van der Waals surface area (Å²) in [7, 11) is 3.15. The van der Waals surface area contributed by atoms with Gasteiger partial charge in [-0.3, -0.25) is 0 Å². The van der Waals surface area contributed by atoms with E-state index in [-0.39, 0.29) is 4.90 Å². The van der Waals surface area contributed by atoms with Crippen molar-refractivity contribution in [2.24, 2.45) is 0 Å². The summed E-state index contributed by atoms with van der Waals surface area (Å²) in [4.78, 5) is 0.167. The Morgan fingerprint density at radius 2 is 1.50 bits per heavy atom. The van der Waals surface area contributed by atoms with E-state index in [1.54, 1.807) is 26.0 Å². The first-order valence-corrected chi connectivity index (χ1v) is 7.27. The van der Waals surface area contributed by atoms with Crippen molar-refractivity contribution in [3.05, 3.63) is 23.3 Å². The minimum absolute atomic E-state index is 0.167. The number of ether oxygens (including phenoxy) is 1. The van der Waals surface area contributed by atoms with Crippen molar-refractivity contribution in [2.75, 3.05) is 7.11 Å². The van der Waals surface area contributed by atoms with Gasteiger partial charge in [0.15, 0.2) is 0 Å². The molecule has 16 heavy (non-hydrogen) atoms. The molecule has 0 radical (unpaired) electrons. The van der Waals surface area contributed by atoms with Gasteiger partial charge in [-0.15, -0.1) is 0 Å². The smallest absolute Gasteiger partial charge is 0.261 e. The fourth-order valence-electron chi connectivity index (χ4n) is 1.41. The first kappa shape index (κ1) is 15.3. The molecule has 0 aliphatic heterocycles. The molecule has 0 atom stereocenters. The maximum atomic E-state index is 11.2. The number of benzene rings is 1. The second kappa shape index (κ2) is 6.11. The molecule has 5 heteroatoms. The highest BCUT2D eigenvalue weighted by molar-refractivity contribution is 8.13. The Morgan fingerprint density at radius 1 is 1.12 bits per heavy atom. The molecule has 1 aromatic carbocycles. The number of hydrogen-bond acceptors (Lipinski definition) is 3. The van der Waals surface area contributed by atoms with Crippen molar-refractivity contribution in [3.8, 4) is 5.75 Å². The highest BCUT2D eigenvalue weighted by atomic mass is 35.7. The zero-order valence-electron chi connectivity index (χ0n) is 10.2. The van der Waals surface area contributed by atoms with Crippen LogP contribution in [0.1, 0.15) is 25.0 Å². The molecule has 0 aliphatic carbocycles. The van der Waals surface area contributed by atoms with Gasteiger partial charge in [0, 0.05) is 10.7 Å². The number of aryl methyl sites for hydroxylation is 2. The summed E-state index contributed by atoms with van der Waals surface area (Å²) in [5, 5.41) is 0. The number of hydrogen-bond donors (Lipinski definition) is 0. The van der Waals surface area contributed by atoms with E-state index in [0.29, 0.717) is 16.9 Å². The Labute approximate surface area is 102 Å². The van der Waals surface area contributed by atoms with Crippen LogP contribution < -0.4 is 4.74 Å². The van der Waals surface area contributed by atoms with Crippen molar-refractivity contribution in [2.45, 2.75) is 32.6 Å². The second-order valence-corrected chi connectivity index (χ2v) is 5.53. The van der Waals surface area contributed by atoms with Gasteiger partial charge in [-0.25, -0.2) is 8.42 Å². The van der Waals surface area contributed by atoms with Gasteiger partial charge in [0.1, 0.15) is 5.75 Å². The maximum absolute atomic E-state index is 11.2. The summed E-state index contributed by atoms with van der Waals surface area (Å²) in [5.74, 6) is 0.629. The van der Waals surface area contributed by atoms with E-state index in [2.05, 4.69) is 0 Å². The molecule has 0 fully saturated rings. The van der Waals surface area contributed by atoms with Crippen LogP contribution in [0, 0.1) is 13.8 Å². The molecule has 0 saturated heterocycles. The third-order valence-corrected chi connectivity index (χ3v) is 3.51. The Morgan fingerprint density at radius 3 is 1.75 bits per heavy atom. The van der Waals surface area contributed by atoms with Gasteiger partial charge in [-0.1, -0.05) is 13.8 Å². The van der Waals surface area contributed by atoms with Crippen molar-refractivity contribution in [1.82, 2.24) is 0 Å². The topological polar surface area (TPSA) is 43.4 Å². The number of halogens is 1. The van der Waals surface area contributed by atoms with Crippen LogP contribution in [0.25, 0.3) is 0 Å². The molecule has 0 aliphatic rings. The molecule has 1 aromatic rings. The number of rotatable bonds is 2. The molecule has 0 heterocycles. The van der Waals surface area contributed by atoms with Crippen LogP contribution in [0.15, 0.2) is 17.0 Å². The zero-order valence-corrected chi connectivity index (χ0v) is 11.7. The largest absolute Gasteiger partial charge is 0.497 e. The van der Waals surface area contributed by atoms with Crippen LogP contribution in [0.3, 0.4) is 0 Å². The van der Waals surface area contributed by atoms with Crippen molar-refractivity contribution < 1.29 is 13.2 Å². The van der Waals surface area contributed by atoms with E-state index in [9.17, 15) is 8.42 Å². The highest BCUT2D eigenvalue weighted by Gasteiger charge is 2.17. The molecule has 0 aromatic heterocycles. The fraction of sp³-hybridized carbons (Fsp3) is 0.455. The minimum Gasteiger partial charge on any atom is -0.497 e. The summed E-state index contributed by atoms with van der Waals surface area (Å²) in [6.07, 6.45) is 0. The Bertz CT molecular complexity index is 429. The third-order valence-electron chi connectivity index (χ3n) is 1.91. The van der Waals surface area contributed by atoms with Crippen LogP contribution >= 0.6 is 10.7 Å². The molecule has 0 bridgehead atoms. The molecule has 0 saturated carbocycles. The molecule has 0 N–H and O–H groups in total. The average Bonchev–Trinajstić information content (AvgIpc) is 2.17. The van der Waals surface area contributed by atoms with Gasteiger partial charge < -0.3 is 4.74 Å². The van der Waals surface area contributed by atoms with E-state index in [4.69, 9.17) is 15.4 Å². The average molecular weight is 265 g/mol. The minimum atomic E-state index is -3.67. The molecule has 0 amide bonds. The van der Waals surface area contributed by atoms with Crippen molar-refractivity contribution >= 4 is 19.7 Å². The molecule has 92 valence electrons. The second-order valence-electron chi connectivity index (χ2n) is 3.03. The van der Waals surface area contributed by atoms with Gasteiger partial charge in [0.2, 0.25) is 0 Å². The Hall–Kier alpha value is -0.740. The lowest BCUT2D eigenvalue weighted by atomic mass is 10.1. The van der Waals surface area contributed by atoms with Crippen LogP contribution in [0.4, 0.5) is 0 Å². The molecular formula is C11H17ClO3S. The summed E-state index contributed by atoms with van der Waals surface area (Å²) in [5.41, 5.74) is 1.19. The third kappa shape index (κ3) is 3.68. The lowest BCUT2D eigenvalue weighted by Crippen LogP contribution is -1.99. The monoisotopic (exact) mass is 264 g/mol. The summed E-state index contributed by atoms with van der Waals surface area (Å²) in [6, 6.07) is 3.28. The van der Waals surface area contributed by atoms with Gasteiger partial charge in [0.25, 0.3) is 9.05 Å². The standard InChI is InChI=1S/C9H11ClO3S.C2H6/c1-6-4-8(13-3)5-7(2)9(6)14(10,11)12;1-2/h4-5H,1-3H3;1-2H3. The van der Waals surface area contributed by atoms with Crippen LogP contribution in [-0.2, 0) is 9.05 Å². The normalized spacial score (nSPS) is 10.4. The first-order valence-electron chi connectivity index (χ1n) is 4.96. The fourth-order valence-corrected chi connectivity index (χ4v) is 3.03. The zero-order chi connectivity index (χ0) is 12.9. The molecule has 3 nitrogen and oxygen atoms in total. The van der Waals surface area contributed by atoms with Gasteiger partial charge >= 0.3 is 0 Å².